The van der Waals surface area contributed by atoms with E-state index in [1.54, 1.807) is 12.3 Å². The van der Waals surface area contributed by atoms with Crippen molar-refractivity contribution in [2.24, 2.45) is 11.7 Å². The van der Waals surface area contributed by atoms with E-state index in [-0.39, 0.29) is 36.1 Å². The number of amidine groups is 1. The van der Waals surface area contributed by atoms with Crippen molar-refractivity contribution >= 4 is 17.7 Å². The molecule has 1 aromatic carbocycles. The van der Waals surface area contributed by atoms with E-state index in [0.717, 1.165) is 11.1 Å². The number of ether oxygens (including phenoxy) is 2. The molecule has 3 rings (SSSR count). The average Bonchev–Trinajstić information content (AvgIpc) is 3.06. The maximum absolute atomic E-state index is 11.9. The molecule has 0 aliphatic carbocycles. The van der Waals surface area contributed by atoms with Crippen molar-refractivity contribution in [1.82, 2.24) is 10.3 Å². The fraction of sp³-hybridized carbons (Fsp3) is 0.300. The van der Waals surface area contributed by atoms with Crippen LogP contribution in [-0.2, 0) is 14.3 Å². The summed E-state index contributed by atoms with van der Waals surface area (Å²) in [6.45, 7) is 0.331. The zero-order valence-electron chi connectivity index (χ0n) is 15.5. The van der Waals surface area contributed by atoms with Gasteiger partial charge in [-0.05, 0) is 30.2 Å². The molecule has 0 saturated carbocycles. The van der Waals surface area contributed by atoms with Crippen molar-refractivity contribution < 1.29 is 19.1 Å². The lowest BCUT2D eigenvalue weighted by atomic mass is 10.0. The van der Waals surface area contributed by atoms with E-state index in [1.165, 1.54) is 7.11 Å². The molecular weight excluding hydrogens is 360 g/mol. The fourth-order valence-electron chi connectivity index (χ4n) is 3.06. The van der Waals surface area contributed by atoms with Gasteiger partial charge in [0.1, 0.15) is 23.9 Å². The quantitative estimate of drug-likeness (QED) is 0.378. The van der Waals surface area contributed by atoms with Crippen molar-refractivity contribution in [3.63, 3.8) is 0 Å². The molecule has 0 radical (unpaired) electrons. The number of benzene rings is 1. The monoisotopic (exact) mass is 382 g/mol. The summed E-state index contributed by atoms with van der Waals surface area (Å²) >= 11 is 0. The molecule has 28 heavy (non-hydrogen) atoms. The first-order valence-electron chi connectivity index (χ1n) is 8.87. The molecule has 1 amide bonds. The van der Waals surface area contributed by atoms with Gasteiger partial charge < -0.3 is 20.5 Å². The Balaban J connectivity index is 1.54. The molecule has 8 heteroatoms. The van der Waals surface area contributed by atoms with Crippen LogP contribution < -0.4 is 15.8 Å². The van der Waals surface area contributed by atoms with Crippen LogP contribution in [0.1, 0.15) is 18.5 Å². The third kappa shape index (κ3) is 4.64. The molecule has 0 unspecified atom stereocenters. The van der Waals surface area contributed by atoms with E-state index >= 15 is 0 Å². The fourth-order valence-corrected chi connectivity index (χ4v) is 3.06. The number of aromatic nitrogens is 1. The zero-order valence-corrected chi connectivity index (χ0v) is 15.5. The Labute approximate surface area is 162 Å². The molecule has 2 atom stereocenters. The lowest BCUT2D eigenvalue weighted by molar-refractivity contribution is -0.143. The predicted octanol–water partition coefficient (Wildman–Crippen LogP) is 1.48. The minimum Gasteiger partial charge on any atom is -0.491 e. The number of esters is 1. The number of amides is 1. The normalized spacial score (nSPS) is 18.4. The molecule has 4 N–H and O–H groups in total. The predicted molar refractivity (Wildman–Crippen MR) is 103 cm³/mol. The largest absolute Gasteiger partial charge is 0.491 e. The van der Waals surface area contributed by atoms with Gasteiger partial charge in [-0.2, -0.15) is 0 Å². The van der Waals surface area contributed by atoms with Gasteiger partial charge in [-0.3, -0.25) is 20.0 Å². The topological polar surface area (TPSA) is 127 Å². The second-order valence-electron chi connectivity index (χ2n) is 6.60. The summed E-state index contributed by atoms with van der Waals surface area (Å²) in [6.07, 6.45) is 2.30. The number of nitrogen functional groups attached to an aromatic ring is 1. The van der Waals surface area contributed by atoms with Crippen molar-refractivity contribution in [1.29, 1.82) is 5.41 Å². The SMILES string of the molecule is COC(=O)C[C@@H]1C[C@@H](COc2ccc(-c3ccc(C(=N)N)nc3)cc2)NC1=O. The van der Waals surface area contributed by atoms with E-state index in [0.29, 0.717) is 24.5 Å². The number of nitrogens with zero attached hydrogens (tertiary/aromatic N) is 1. The number of carbonyl (C=O) groups is 2. The molecule has 1 saturated heterocycles. The number of nitrogens with one attached hydrogen (secondary N) is 2. The highest BCUT2D eigenvalue weighted by atomic mass is 16.5. The number of rotatable bonds is 7. The number of carbonyl (C=O) groups excluding carboxylic acids is 2. The summed E-state index contributed by atoms with van der Waals surface area (Å²) < 4.78 is 10.4. The van der Waals surface area contributed by atoms with E-state index in [4.69, 9.17) is 15.9 Å². The summed E-state index contributed by atoms with van der Waals surface area (Å²) in [6, 6.07) is 10.9. The van der Waals surface area contributed by atoms with Gasteiger partial charge in [0.15, 0.2) is 0 Å². The van der Waals surface area contributed by atoms with Crippen LogP contribution in [0, 0.1) is 11.3 Å². The highest BCUT2D eigenvalue weighted by Crippen LogP contribution is 2.24. The number of hydrogen-bond acceptors (Lipinski definition) is 6. The Kier molecular flexibility index (Phi) is 5.88. The Morgan fingerprint density at radius 3 is 2.57 bits per heavy atom. The number of methoxy groups -OCH3 is 1. The average molecular weight is 382 g/mol. The number of pyridine rings is 1. The Morgan fingerprint density at radius 1 is 1.25 bits per heavy atom. The van der Waals surface area contributed by atoms with Crippen molar-refractivity contribution in [2.45, 2.75) is 18.9 Å². The molecule has 2 aromatic rings. The summed E-state index contributed by atoms with van der Waals surface area (Å²) in [5.74, 6) is -0.279. The van der Waals surface area contributed by atoms with Crippen LogP contribution >= 0.6 is 0 Å². The van der Waals surface area contributed by atoms with E-state index in [2.05, 4.69) is 15.0 Å². The van der Waals surface area contributed by atoms with Crippen LogP contribution in [0.15, 0.2) is 42.6 Å². The highest BCUT2D eigenvalue weighted by molar-refractivity contribution is 5.93. The van der Waals surface area contributed by atoms with Crippen LogP contribution in [0.5, 0.6) is 5.75 Å². The van der Waals surface area contributed by atoms with Gasteiger partial charge in [-0.1, -0.05) is 18.2 Å². The summed E-state index contributed by atoms with van der Waals surface area (Å²) in [5.41, 5.74) is 7.72. The first-order chi connectivity index (χ1) is 13.5. The van der Waals surface area contributed by atoms with Gasteiger partial charge >= 0.3 is 5.97 Å². The summed E-state index contributed by atoms with van der Waals surface area (Å²) in [7, 11) is 1.31. The maximum Gasteiger partial charge on any atom is 0.306 e. The molecule has 8 nitrogen and oxygen atoms in total. The number of hydrogen-bond donors (Lipinski definition) is 3. The molecular formula is C20H22N4O4. The molecule has 1 aromatic heterocycles. The van der Waals surface area contributed by atoms with Crippen LogP contribution in [0.3, 0.4) is 0 Å². The lowest BCUT2D eigenvalue weighted by Gasteiger charge is -2.12. The molecule has 0 spiro atoms. The molecule has 146 valence electrons. The van der Waals surface area contributed by atoms with E-state index < -0.39 is 0 Å². The van der Waals surface area contributed by atoms with Gasteiger partial charge in [0.05, 0.1) is 25.5 Å². The molecule has 2 heterocycles. The third-order valence-electron chi connectivity index (χ3n) is 4.61. The Hall–Kier alpha value is -3.42. The van der Waals surface area contributed by atoms with Gasteiger partial charge in [0.2, 0.25) is 5.91 Å². The minimum absolute atomic E-state index is 0.0665. The zero-order chi connectivity index (χ0) is 20.1. The third-order valence-corrected chi connectivity index (χ3v) is 4.61. The molecule has 1 fully saturated rings. The van der Waals surface area contributed by atoms with E-state index in [1.807, 2.05) is 30.3 Å². The van der Waals surface area contributed by atoms with E-state index in [9.17, 15) is 9.59 Å². The maximum atomic E-state index is 11.9. The van der Waals surface area contributed by atoms with Gasteiger partial charge in [-0.25, -0.2) is 0 Å². The summed E-state index contributed by atoms with van der Waals surface area (Å²) in [5, 5.41) is 10.2. The second kappa shape index (κ2) is 8.51. The second-order valence-corrected chi connectivity index (χ2v) is 6.60. The molecule has 0 bridgehead atoms. The van der Waals surface area contributed by atoms with Crippen LogP contribution in [-0.4, -0.2) is 42.5 Å². The number of nitrogens with two attached hydrogens (primary N) is 1. The van der Waals surface area contributed by atoms with Gasteiger partial charge in [0.25, 0.3) is 0 Å². The smallest absolute Gasteiger partial charge is 0.306 e. The Morgan fingerprint density at radius 2 is 1.96 bits per heavy atom. The Bertz CT molecular complexity index is 865. The van der Waals surface area contributed by atoms with Crippen LogP contribution in [0.25, 0.3) is 11.1 Å². The van der Waals surface area contributed by atoms with Gasteiger partial charge in [0, 0.05) is 11.8 Å². The minimum atomic E-state index is -0.386. The van der Waals surface area contributed by atoms with Crippen molar-refractivity contribution in [2.75, 3.05) is 13.7 Å². The molecule has 1 aliphatic heterocycles. The lowest BCUT2D eigenvalue weighted by Crippen LogP contribution is -2.31. The van der Waals surface area contributed by atoms with Crippen LogP contribution in [0.2, 0.25) is 0 Å². The standard InChI is InChI=1S/C20H22N4O4/c1-27-18(25)9-14-8-15(24-20(14)26)11-28-16-5-2-12(3-6-16)13-4-7-17(19(21)22)23-10-13/h2-7,10,14-15H,8-9,11H2,1H3,(H3,21,22)(H,24,26)/t14-,15-/m0/s1. The first kappa shape index (κ1) is 19.3. The van der Waals surface area contributed by atoms with Crippen molar-refractivity contribution in [3.8, 4) is 16.9 Å². The van der Waals surface area contributed by atoms with Crippen molar-refractivity contribution in [3.05, 3.63) is 48.3 Å². The van der Waals surface area contributed by atoms with Crippen LogP contribution in [0.4, 0.5) is 0 Å². The van der Waals surface area contributed by atoms with Gasteiger partial charge in [-0.15, -0.1) is 0 Å². The summed E-state index contributed by atoms with van der Waals surface area (Å²) in [4.78, 5) is 27.4. The first-order valence-corrected chi connectivity index (χ1v) is 8.87. The highest BCUT2D eigenvalue weighted by Gasteiger charge is 2.34. The molecule has 1 aliphatic rings.